The van der Waals surface area contributed by atoms with Crippen molar-refractivity contribution in [3.05, 3.63) is 62.0 Å². The lowest BCUT2D eigenvalue weighted by Gasteiger charge is -2.36. The van der Waals surface area contributed by atoms with Crippen LogP contribution in [0.1, 0.15) is 58.6 Å². The van der Waals surface area contributed by atoms with E-state index < -0.39 is 45.2 Å². The maximum atomic E-state index is 14.2. The van der Waals surface area contributed by atoms with Crippen molar-refractivity contribution in [2.75, 3.05) is 19.7 Å². The molecular weight excluding hydrogens is 484 g/mol. The zero-order chi connectivity index (χ0) is 25.4. The summed E-state index contributed by atoms with van der Waals surface area (Å²) in [5.41, 5.74) is -1.69. The molecule has 11 heteroatoms. The number of hydrogen-bond donors (Lipinski definition) is 3. The van der Waals surface area contributed by atoms with Crippen LogP contribution in [0.4, 0.5) is 8.78 Å². The second kappa shape index (κ2) is 9.94. The molecule has 4 rings (SSSR count). The molecule has 2 aromatic rings. The number of aromatic hydroxyl groups is 1. The summed E-state index contributed by atoms with van der Waals surface area (Å²) >= 11 is 5.57. The fourth-order valence-electron chi connectivity index (χ4n) is 4.55. The Bertz CT molecular complexity index is 1230. The fourth-order valence-corrected chi connectivity index (χ4v) is 4.73. The summed E-state index contributed by atoms with van der Waals surface area (Å²) in [6, 6.07) is 1.81. The third-order valence-electron chi connectivity index (χ3n) is 6.76. The van der Waals surface area contributed by atoms with E-state index in [0.717, 1.165) is 18.6 Å². The molecule has 1 saturated carbocycles. The summed E-state index contributed by atoms with van der Waals surface area (Å²) in [7, 11) is 0. The number of hydrogen-bond acceptors (Lipinski definition) is 5. The number of pyridine rings is 1. The molecule has 8 nitrogen and oxygen atoms in total. The van der Waals surface area contributed by atoms with E-state index in [9.17, 15) is 33.4 Å². The van der Waals surface area contributed by atoms with E-state index in [1.807, 2.05) is 0 Å². The number of benzene rings is 1. The number of carbonyl (C=O) groups excluding carboxylic acids is 2. The first kappa shape index (κ1) is 25.1. The molecule has 35 heavy (non-hydrogen) atoms. The van der Waals surface area contributed by atoms with Crippen LogP contribution in [0.15, 0.2) is 23.1 Å². The molecule has 1 aromatic carbocycles. The number of aliphatic hydroxyl groups excluding tert-OH is 1. The van der Waals surface area contributed by atoms with Gasteiger partial charge in [-0.2, -0.15) is 0 Å². The average Bonchev–Trinajstić information content (AvgIpc) is 3.53. The van der Waals surface area contributed by atoms with Crippen molar-refractivity contribution in [2.45, 2.75) is 38.8 Å². The van der Waals surface area contributed by atoms with Crippen molar-refractivity contribution in [1.29, 1.82) is 0 Å². The van der Waals surface area contributed by atoms with Gasteiger partial charge < -0.3 is 25.0 Å². The molecule has 3 atom stereocenters. The van der Waals surface area contributed by atoms with E-state index in [-0.39, 0.29) is 37.0 Å². The summed E-state index contributed by atoms with van der Waals surface area (Å²) < 4.78 is 29.1. The zero-order valence-electron chi connectivity index (χ0n) is 19.1. The smallest absolute Gasteiger partial charge is 0.274 e. The van der Waals surface area contributed by atoms with Crippen LogP contribution >= 0.6 is 11.6 Å². The van der Waals surface area contributed by atoms with Gasteiger partial charge in [0.25, 0.3) is 11.8 Å². The van der Waals surface area contributed by atoms with Crippen LogP contribution in [-0.4, -0.2) is 51.2 Å². The molecule has 0 spiro atoms. The Morgan fingerprint density at radius 1 is 1.29 bits per heavy atom. The van der Waals surface area contributed by atoms with Gasteiger partial charge in [-0.05, 0) is 37.2 Å². The quantitative estimate of drug-likeness (QED) is 0.474. The van der Waals surface area contributed by atoms with Gasteiger partial charge in [-0.3, -0.25) is 14.4 Å². The highest BCUT2D eigenvalue weighted by atomic mass is 35.5. The molecule has 2 amide bonds. The molecule has 2 aliphatic rings. The van der Waals surface area contributed by atoms with Crippen LogP contribution in [-0.2, 0) is 6.54 Å². The van der Waals surface area contributed by atoms with E-state index >= 15 is 0 Å². The summed E-state index contributed by atoms with van der Waals surface area (Å²) in [5, 5.41) is 21.5. The highest BCUT2D eigenvalue weighted by Gasteiger charge is 2.40. The Balaban J connectivity index is 1.65. The molecule has 1 unspecified atom stereocenters. The zero-order valence-corrected chi connectivity index (χ0v) is 19.8. The van der Waals surface area contributed by atoms with E-state index in [0.29, 0.717) is 31.2 Å². The van der Waals surface area contributed by atoms with Crippen LogP contribution < -0.4 is 10.7 Å². The Kier molecular flexibility index (Phi) is 7.14. The Labute approximate surface area is 205 Å². The van der Waals surface area contributed by atoms with E-state index in [4.69, 9.17) is 11.6 Å². The molecule has 1 aliphatic carbocycles. The van der Waals surface area contributed by atoms with Crippen molar-refractivity contribution in [2.24, 2.45) is 11.8 Å². The summed E-state index contributed by atoms with van der Waals surface area (Å²) in [6.45, 7) is 2.23. The number of nitrogens with zero attached hydrogens (tertiary/aromatic N) is 2. The minimum atomic E-state index is -1.03. The Hall–Kier alpha value is -2.98. The van der Waals surface area contributed by atoms with Crippen LogP contribution in [0.25, 0.3) is 0 Å². The molecule has 1 fully saturated rings. The van der Waals surface area contributed by atoms with Crippen molar-refractivity contribution < 1.29 is 28.6 Å². The number of halogens is 3. The average molecular weight is 510 g/mol. The lowest BCUT2D eigenvalue weighted by Crippen LogP contribution is -2.46. The van der Waals surface area contributed by atoms with Gasteiger partial charge in [0.15, 0.2) is 11.4 Å². The highest BCUT2D eigenvalue weighted by molar-refractivity contribution is 6.30. The number of fused-ring (bicyclic) bond motifs is 1. The largest absolute Gasteiger partial charge is 0.503 e. The minimum absolute atomic E-state index is 0.0812. The topological polar surface area (TPSA) is 112 Å². The van der Waals surface area contributed by atoms with E-state index in [1.165, 1.54) is 15.7 Å². The lowest BCUT2D eigenvalue weighted by atomic mass is 10.0. The third-order valence-corrected chi connectivity index (χ3v) is 7.11. The second-order valence-electron chi connectivity index (χ2n) is 9.18. The molecular formula is C24H26ClF2N3O5. The van der Waals surface area contributed by atoms with Gasteiger partial charge in [-0.15, -0.1) is 0 Å². The normalized spacial score (nSPS) is 21.1. The first-order valence-electron chi connectivity index (χ1n) is 11.4. The van der Waals surface area contributed by atoms with Gasteiger partial charge in [0, 0.05) is 38.0 Å². The molecule has 1 aliphatic heterocycles. The van der Waals surface area contributed by atoms with Gasteiger partial charge >= 0.3 is 0 Å². The maximum Gasteiger partial charge on any atom is 0.274 e. The summed E-state index contributed by atoms with van der Waals surface area (Å²) in [6.07, 6.45) is 3.34. The molecule has 0 saturated heterocycles. The predicted molar refractivity (Wildman–Crippen MR) is 123 cm³/mol. The van der Waals surface area contributed by atoms with Crippen molar-refractivity contribution in [1.82, 2.24) is 14.8 Å². The third kappa shape index (κ3) is 4.90. The summed E-state index contributed by atoms with van der Waals surface area (Å²) in [4.78, 5) is 40.2. The standard InChI is InChI=1S/C24H26ClF2N3O5/c1-12-7-14(12)8-15-10-29(5-2-6-31)24(35)20-22(33)21(32)16(11-30(15)20)23(34)28-9-13-3-4-17(26)18(25)19(13)27/h3-4,11-12,14-15,31,33H,2,5-10H2,1H3,(H,28,34)/t12-,14?,15-/m1/s1. The highest BCUT2D eigenvalue weighted by Crippen LogP contribution is 2.45. The predicted octanol–water partition coefficient (Wildman–Crippen LogP) is 2.84. The maximum absolute atomic E-state index is 14.2. The van der Waals surface area contributed by atoms with Crippen molar-refractivity contribution in [3.8, 4) is 5.75 Å². The number of nitrogens with one attached hydrogen (secondary N) is 1. The van der Waals surface area contributed by atoms with Gasteiger partial charge in [0.1, 0.15) is 22.2 Å². The molecule has 2 heterocycles. The Morgan fingerprint density at radius 2 is 2.00 bits per heavy atom. The molecule has 188 valence electrons. The van der Waals surface area contributed by atoms with Crippen LogP contribution in [0.5, 0.6) is 5.75 Å². The number of aromatic nitrogens is 1. The van der Waals surface area contributed by atoms with Gasteiger partial charge in [0.2, 0.25) is 5.43 Å². The van der Waals surface area contributed by atoms with Crippen molar-refractivity contribution >= 4 is 23.4 Å². The minimum Gasteiger partial charge on any atom is -0.503 e. The van der Waals surface area contributed by atoms with E-state index in [2.05, 4.69) is 12.2 Å². The molecule has 3 N–H and O–H groups in total. The van der Waals surface area contributed by atoms with Gasteiger partial charge in [-0.25, -0.2) is 8.78 Å². The number of rotatable bonds is 8. The Morgan fingerprint density at radius 3 is 2.66 bits per heavy atom. The lowest BCUT2D eigenvalue weighted by molar-refractivity contribution is 0.0636. The monoisotopic (exact) mass is 509 g/mol. The fraction of sp³-hybridized carbons (Fsp3) is 0.458. The second-order valence-corrected chi connectivity index (χ2v) is 9.56. The number of amides is 2. The van der Waals surface area contributed by atoms with Crippen LogP contribution in [0.3, 0.4) is 0 Å². The SMILES string of the molecule is C[C@@H]1CC1C[C@@H]1CN(CCCO)C(=O)c2c(O)c(=O)c(C(=O)NCc3ccc(F)c(Cl)c3F)cn21. The molecule has 0 radical (unpaired) electrons. The van der Waals surface area contributed by atoms with E-state index in [1.54, 1.807) is 0 Å². The number of aliphatic hydroxyl groups is 1. The molecule has 1 aromatic heterocycles. The van der Waals surface area contributed by atoms with Crippen LogP contribution in [0, 0.1) is 23.5 Å². The molecule has 0 bridgehead atoms. The van der Waals surface area contributed by atoms with Gasteiger partial charge in [-0.1, -0.05) is 24.6 Å². The number of carbonyl (C=O) groups is 2. The summed E-state index contributed by atoms with van der Waals surface area (Å²) in [5.74, 6) is -3.28. The first-order valence-corrected chi connectivity index (χ1v) is 11.8. The van der Waals surface area contributed by atoms with Gasteiger partial charge in [0.05, 0.1) is 6.04 Å². The van der Waals surface area contributed by atoms with Crippen LogP contribution in [0.2, 0.25) is 5.02 Å². The first-order chi connectivity index (χ1) is 16.6. The van der Waals surface area contributed by atoms with Crippen molar-refractivity contribution in [3.63, 3.8) is 0 Å².